The van der Waals surface area contributed by atoms with Gasteiger partial charge in [-0.25, -0.2) is 4.39 Å². The molecule has 0 saturated heterocycles. The number of halogens is 1. The minimum absolute atomic E-state index is 0.0845. The van der Waals surface area contributed by atoms with Gasteiger partial charge in [0.15, 0.2) is 11.5 Å². The van der Waals surface area contributed by atoms with Crippen LogP contribution in [0.3, 0.4) is 0 Å². The zero-order chi connectivity index (χ0) is 17.4. The van der Waals surface area contributed by atoms with Crippen molar-refractivity contribution in [2.75, 3.05) is 14.2 Å². The summed E-state index contributed by atoms with van der Waals surface area (Å²) >= 11 is 0. The van der Waals surface area contributed by atoms with Gasteiger partial charge in [0, 0.05) is 18.5 Å². The van der Waals surface area contributed by atoms with Crippen molar-refractivity contribution in [3.8, 4) is 11.5 Å². The van der Waals surface area contributed by atoms with Crippen molar-refractivity contribution in [3.05, 3.63) is 59.4 Å². The van der Waals surface area contributed by atoms with Gasteiger partial charge < -0.3 is 14.8 Å². The highest BCUT2D eigenvalue weighted by Crippen LogP contribution is 2.28. The van der Waals surface area contributed by atoms with E-state index in [0.717, 1.165) is 12.0 Å². The highest BCUT2D eigenvalue weighted by Gasteiger charge is 2.07. The molecule has 5 heteroatoms. The van der Waals surface area contributed by atoms with Gasteiger partial charge in [0.25, 0.3) is 0 Å². The van der Waals surface area contributed by atoms with E-state index in [0.29, 0.717) is 29.9 Å². The smallest absolute Gasteiger partial charge is 0.220 e. The van der Waals surface area contributed by atoms with Crippen molar-refractivity contribution in [2.24, 2.45) is 0 Å². The highest BCUT2D eigenvalue weighted by atomic mass is 19.1. The lowest BCUT2D eigenvalue weighted by Gasteiger charge is -2.10. The van der Waals surface area contributed by atoms with Crippen LogP contribution in [0.4, 0.5) is 4.39 Å². The fourth-order valence-electron chi connectivity index (χ4n) is 2.41. The molecular formula is C19H22FNO3. The molecule has 0 fully saturated rings. The summed E-state index contributed by atoms with van der Waals surface area (Å²) < 4.78 is 23.9. The molecule has 0 aliphatic heterocycles. The normalized spacial score (nSPS) is 10.3. The van der Waals surface area contributed by atoms with Crippen LogP contribution in [0.25, 0.3) is 0 Å². The number of ether oxygens (including phenoxy) is 2. The van der Waals surface area contributed by atoms with E-state index in [-0.39, 0.29) is 18.3 Å². The summed E-state index contributed by atoms with van der Waals surface area (Å²) in [4.78, 5) is 11.9. The summed E-state index contributed by atoms with van der Waals surface area (Å²) in [5.74, 6) is 0.977. The first kappa shape index (κ1) is 17.8. The molecule has 2 aromatic rings. The van der Waals surface area contributed by atoms with Crippen LogP contribution in [0.2, 0.25) is 0 Å². The van der Waals surface area contributed by atoms with E-state index >= 15 is 0 Å². The van der Waals surface area contributed by atoms with Gasteiger partial charge in [-0.15, -0.1) is 0 Å². The minimum atomic E-state index is -0.303. The van der Waals surface area contributed by atoms with Crippen molar-refractivity contribution in [1.29, 1.82) is 0 Å². The molecule has 0 saturated carbocycles. The summed E-state index contributed by atoms with van der Waals surface area (Å²) in [6.07, 6.45) is 1.86. The quantitative estimate of drug-likeness (QED) is 0.805. The monoisotopic (exact) mass is 331 g/mol. The molecule has 0 aliphatic rings. The number of nitrogens with one attached hydrogen (secondary N) is 1. The second-order valence-corrected chi connectivity index (χ2v) is 5.41. The van der Waals surface area contributed by atoms with Gasteiger partial charge in [-0.2, -0.15) is 0 Å². The molecule has 1 amide bonds. The van der Waals surface area contributed by atoms with Crippen LogP contribution in [0.15, 0.2) is 42.5 Å². The third-order valence-electron chi connectivity index (χ3n) is 3.75. The van der Waals surface area contributed by atoms with Crippen LogP contribution in [0, 0.1) is 5.82 Å². The summed E-state index contributed by atoms with van der Waals surface area (Å²) in [5.41, 5.74) is 1.57. The summed E-state index contributed by atoms with van der Waals surface area (Å²) in [5, 5.41) is 2.74. The maximum absolute atomic E-state index is 13.5. The Morgan fingerprint density at radius 2 is 1.83 bits per heavy atom. The lowest BCUT2D eigenvalue weighted by atomic mass is 10.1. The average Bonchev–Trinajstić information content (AvgIpc) is 2.61. The zero-order valence-corrected chi connectivity index (χ0v) is 14.0. The number of methoxy groups -OCH3 is 2. The van der Waals surface area contributed by atoms with Gasteiger partial charge in [0.1, 0.15) is 5.82 Å². The first-order valence-electron chi connectivity index (χ1n) is 7.85. The zero-order valence-electron chi connectivity index (χ0n) is 14.0. The maximum Gasteiger partial charge on any atom is 0.220 e. The van der Waals surface area contributed by atoms with Crippen molar-refractivity contribution < 1.29 is 18.7 Å². The lowest BCUT2D eigenvalue weighted by molar-refractivity contribution is -0.121. The Balaban J connectivity index is 1.77. The topological polar surface area (TPSA) is 47.6 Å². The Morgan fingerprint density at radius 3 is 2.54 bits per heavy atom. The van der Waals surface area contributed by atoms with Gasteiger partial charge in [0.2, 0.25) is 5.91 Å². The van der Waals surface area contributed by atoms with Gasteiger partial charge in [-0.3, -0.25) is 4.79 Å². The fourth-order valence-corrected chi connectivity index (χ4v) is 2.41. The lowest BCUT2D eigenvalue weighted by Crippen LogP contribution is -2.23. The molecule has 24 heavy (non-hydrogen) atoms. The molecule has 0 atom stereocenters. The van der Waals surface area contributed by atoms with E-state index in [4.69, 9.17) is 9.47 Å². The van der Waals surface area contributed by atoms with Crippen molar-refractivity contribution in [3.63, 3.8) is 0 Å². The number of amides is 1. The Labute approximate surface area is 141 Å². The molecule has 0 bridgehead atoms. The van der Waals surface area contributed by atoms with Crippen LogP contribution in [-0.2, 0) is 17.8 Å². The van der Waals surface area contributed by atoms with Crippen LogP contribution in [0.1, 0.15) is 24.0 Å². The van der Waals surface area contributed by atoms with Crippen molar-refractivity contribution in [1.82, 2.24) is 5.32 Å². The van der Waals surface area contributed by atoms with Gasteiger partial charge in [-0.1, -0.05) is 24.3 Å². The molecule has 4 nitrogen and oxygen atoms in total. The molecule has 1 N–H and O–H groups in total. The summed E-state index contributed by atoms with van der Waals surface area (Å²) in [6.45, 7) is 0.210. The molecule has 2 aromatic carbocycles. The average molecular weight is 331 g/mol. The van der Waals surface area contributed by atoms with Crippen LogP contribution in [0.5, 0.6) is 11.5 Å². The predicted octanol–water partition coefficient (Wildman–Crippen LogP) is 3.48. The molecule has 0 aliphatic carbocycles. The fraction of sp³-hybridized carbons (Fsp3) is 0.316. The van der Waals surface area contributed by atoms with E-state index in [9.17, 15) is 9.18 Å². The first-order valence-corrected chi connectivity index (χ1v) is 7.85. The second kappa shape index (κ2) is 8.91. The predicted molar refractivity (Wildman–Crippen MR) is 90.7 cm³/mol. The van der Waals surface area contributed by atoms with E-state index in [1.807, 2.05) is 18.2 Å². The molecule has 0 heterocycles. The standard InChI is InChI=1S/C19H22FNO3/c1-23-17-11-10-14(12-18(17)24-2)6-5-9-19(22)21-13-15-7-3-4-8-16(15)20/h3-4,7-8,10-12H,5-6,9,13H2,1-2H3,(H,21,22). The third kappa shape index (κ3) is 4.98. The number of rotatable bonds is 8. The Morgan fingerprint density at radius 1 is 1.08 bits per heavy atom. The van der Waals surface area contributed by atoms with Gasteiger partial charge in [-0.05, 0) is 36.6 Å². The van der Waals surface area contributed by atoms with E-state index in [2.05, 4.69) is 5.32 Å². The maximum atomic E-state index is 13.5. The highest BCUT2D eigenvalue weighted by molar-refractivity contribution is 5.75. The van der Waals surface area contributed by atoms with Crippen LogP contribution < -0.4 is 14.8 Å². The van der Waals surface area contributed by atoms with E-state index in [1.54, 1.807) is 32.4 Å². The summed E-state index contributed by atoms with van der Waals surface area (Å²) in [6, 6.07) is 12.2. The Kier molecular flexibility index (Phi) is 6.61. The summed E-state index contributed by atoms with van der Waals surface area (Å²) in [7, 11) is 3.19. The van der Waals surface area contributed by atoms with Gasteiger partial charge >= 0.3 is 0 Å². The number of aryl methyl sites for hydroxylation is 1. The Bertz CT molecular complexity index is 688. The van der Waals surface area contributed by atoms with Crippen molar-refractivity contribution >= 4 is 5.91 Å². The van der Waals surface area contributed by atoms with Crippen LogP contribution >= 0.6 is 0 Å². The molecule has 0 unspecified atom stereocenters. The van der Waals surface area contributed by atoms with Crippen molar-refractivity contribution in [2.45, 2.75) is 25.8 Å². The third-order valence-corrected chi connectivity index (χ3v) is 3.75. The van der Waals surface area contributed by atoms with Crippen LogP contribution in [-0.4, -0.2) is 20.1 Å². The molecule has 128 valence electrons. The largest absolute Gasteiger partial charge is 0.493 e. The Hall–Kier alpha value is -2.56. The SMILES string of the molecule is COc1ccc(CCCC(=O)NCc2ccccc2F)cc1OC. The molecule has 0 spiro atoms. The second-order valence-electron chi connectivity index (χ2n) is 5.41. The first-order chi connectivity index (χ1) is 11.6. The number of carbonyl (C=O) groups is 1. The van der Waals surface area contributed by atoms with E-state index in [1.165, 1.54) is 6.07 Å². The number of hydrogen-bond donors (Lipinski definition) is 1. The van der Waals surface area contributed by atoms with Gasteiger partial charge in [0.05, 0.1) is 14.2 Å². The number of hydrogen-bond acceptors (Lipinski definition) is 3. The molecule has 0 aromatic heterocycles. The molecule has 2 rings (SSSR count). The molecular weight excluding hydrogens is 309 g/mol. The number of benzene rings is 2. The van der Waals surface area contributed by atoms with E-state index < -0.39 is 0 Å². The molecule has 0 radical (unpaired) electrons. The minimum Gasteiger partial charge on any atom is -0.493 e. The number of carbonyl (C=O) groups excluding carboxylic acids is 1.